The first-order valence-corrected chi connectivity index (χ1v) is 5.03. The number of halogens is 1. The molecular weight excluding hydrogens is 242 g/mol. The van der Waals surface area contributed by atoms with E-state index in [1.807, 2.05) is 19.1 Å². The first kappa shape index (κ1) is 9.27. The van der Waals surface area contributed by atoms with Crippen LogP contribution in [-0.2, 0) is 0 Å². The van der Waals surface area contributed by atoms with Crippen LogP contribution in [0.15, 0.2) is 28.9 Å². The molecule has 0 atom stereocenters. The topological polar surface area (TPSA) is 54.7 Å². The lowest BCUT2D eigenvalue weighted by atomic mass is 10.1. The van der Waals surface area contributed by atoms with Crippen molar-refractivity contribution >= 4 is 21.6 Å². The van der Waals surface area contributed by atoms with Gasteiger partial charge in [0.25, 0.3) is 0 Å². The molecule has 3 nitrogen and oxygen atoms in total. The summed E-state index contributed by atoms with van der Waals surface area (Å²) in [6, 6.07) is 6.11. The number of aromatic amines is 1. The van der Waals surface area contributed by atoms with Gasteiger partial charge in [-0.2, -0.15) is 5.10 Å². The third kappa shape index (κ3) is 1.53. The van der Waals surface area contributed by atoms with Crippen LogP contribution < -0.4 is 5.73 Å². The molecular formula is C10H10BrN3. The summed E-state index contributed by atoms with van der Waals surface area (Å²) in [5.74, 6) is 0. The van der Waals surface area contributed by atoms with Gasteiger partial charge in [0.15, 0.2) is 0 Å². The quantitative estimate of drug-likeness (QED) is 0.819. The maximum atomic E-state index is 5.76. The molecule has 14 heavy (non-hydrogen) atoms. The fraction of sp³-hybridized carbons (Fsp3) is 0.100. The highest BCUT2D eigenvalue weighted by Gasteiger charge is 2.07. The third-order valence-electron chi connectivity index (χ3n) is 2.06. The van der Waals surface area contributed by atoms with E-state index in [0.29, 0.717) is 5.69 Å². The second kappa shape index (κ2) is 3.46. The molecule has 1 heterocycles. The highest BCUT2D eigenvalue weighted by Crippen LogP contribution is 2.30. The average Bonchev–Trinajstić information content (AvgIpc) is 2.52. The number of nitrogen functional groups attached to an aromatic ring is 1. The van der Waals surface area contributed by atoms with Crippen molar-refractivity contribution < 1.29 is 0 Å². The van der Waals surface area contributed by atoms with E-state index in [-0.39, 0.29) is 0 Å². The summed E-state index contributed by atoms with van der Waals surface area (Å²) in [4.78, 5) is 0. The maximum Gasteiger partial charge on any atom is 0.0891 e. The highest BCUT2D eigenvalue weighted by atomic mass is 79.9. The van der Waals surface area contributed by atoms with Crippen LogP contribution in [0.25, 0.3) is 11.3 Å². The van der Waals surface area contributed by atoms with E-state index in [9.17, 15) is 0 Å². The molecule has 0 aliphatic rings. The minimum absolute atomic E-state index is 0.662. The van der Waals surface area contributed by atoms with Gasteiger partial charge in [-0.05, 0) is 18.6 Å². The number of nitrogens with zero attached hydrogens (tertiary/aromatic N) is 1. The minimum Gasteiger partial charge on any atom is -0.396 e. The van der Waals surface area contributed by atoms with E-state index in [1.165, 1.54) is 5.56 Å². The lowest BCUT2D eigenvalue weighted by molar-refractivity contribution is 1.09. The molecule has 0 bridgehead atoms. The SMILES string of the molecule is Cc1ccc(-c2[nH]ncc2N)c(Br)c1. The number of aryl methyl sites for hydroxylation is 1. The van der Waals surface area contributed by atoms with Crippen molar-refractivity contribution in [2.75, 3.05) is 5.73 Å². The molecule has 0 amide bonds. The van der Waals surface area contributed by atoms with E-state index >= 15 is 0 Å². The Morgan fingerprint density at radius 3 is 2.79 bits per heavy atom. The second-order valence-electron chi connectivity index (χ2n) is 3.18. The molecule has 2 rings (SSSR count). The van der Waals surface area contributed by atoms with Gasteiger partial charge >= 0.3 is 0 Å². The first-order valence-electron chi connectivity index (χ1n) is 4.24. The molecule has 3 N–H and O–H groups in total. The van der Waals surface area contributed by atoms with Crippen molar-refractivity contribution in [3.05, 3.63) is 34.4 Å². The lowest BCUT2D eigenvalue weighted by Crippen LogP contribution is -1.88. The van der Waals surface area contributed by atoms with Gasteiger partial charge in [0.1, 0.15) is 0 Å². The van der Waals surface area contributed by atoms with E-state index in [0.717, 1.165) is 15.7 Å². The number of anilines is 1. The number of aromatic nitrogens is 2. The summed E-state index contributed by atoms with van der Waals surface area (Å²) >= 11 is 3.50. The monoisotopic (exact) mass is 251 g/mol. The van der Waals surface area contributed by atoms with Crippen molar-refractivity contribution in [2.24, 2.45) is 0 Å². The van der Waals surface area contributed by atoms with Crippen LogP contribution in [0, 0.1) is 6.92 Å². The summed E-state index contributed by atoms with van der Waals surface area (Å²) in [6.07, 6.45) is 1.61. The van der Waals surface area contributed by atoms with Crippen LogP contribution in [0.2, 0.25) is 0 Å². The number of hydrogen-bond donors (Lipinski definition) is 2. The molecule has 0 aliphatic carbocycles. The number of H-pyrrole nitrogens is 1. The molecule has 1 aromatic heterocycles. The number of benzene rings is 1. The number of nitrogens with two attached hydrogens (primary N) is 1. The van der Waals surface area contributed by atoms with Crippen LogP contribution in [-0.4, -0.2) is 10.2 Å². The van der Waals surface area contributed by atoms with Gasteiger partial charge in [0.2, 0.25) is 0 Å². The van der Waals surface area contributed by atoms with Crippen molar-refractivity contribution in [2.45, 2.75) is 6.92 Å². The Morgan fingerprint density at radius 2 is 2.21 bits per heavy atom. The van der Waals surface area contributed by atoms with Gasteiger partial charge in [0.05, 0.1) is 17.6 Å². The van der Waals surface area contributed by atoms with Crippen molar-refractivity contribution in [3.8, 4) is 11.3 Å². The van der Waals surface area contributed by atoms with Gasteiger partial charge in [-0.3, -0.25) is 5.10 Å². The van der Waals surface area contributed by atoms with E-state index < -0.39 is 0 Å². The van der Waals surface area contributed by atoms with Gasteiger partial charge in [-0.25, -0.2) is 0 Å². The number of nitrogens with one attached hydrogen (secondary N) is 1. The normalized spacial score (nSPS) is 10.4. The Bertz CT molecular complexity index is 462. The Hall–Kier alpha value is -1.29. The average molecular weight is 252 g/mol. The zero-order valence-corrected chi connectivity index (χ0v) is 9.30. The van der Waals surface area contributed by atoms with Gasteiger partial charge < -0.3 is 5.73 Å². The predicted molar refractivity (Wildman–Crippen MR) is 60.9 cm³/mol. The molecule has 0 aliphatic heterocycles. The summed E-state index contributed by atoms with van der Waals surface area (Å²) in [5.41, 5.74) is 9.52. The van der Waals surface area contributed by atoms with Gasteiger partial charge in [-0.1, -0.05) is 28.1 Å². The molecule has 4 heteroatoms. The standard InChI is InChI=1S/C10H10BrN3/c1-6-2-3-7(8(11)4-6)10-9(12)5-13-14-10/h2-5H,12H2,1H3,(H,13,14). The Morgan fingerprint density at radius 1 is 1.43 bits per heavy atom. The largest absolute Gasteiger partial charge is 0.396 e. The van der Waals surface area contributed by atoms with Crippen LogP contribution >= 0.6 is 15.9 Å². The van der Waals surface area contributed by atoms with Crippen LogP contribution in [0.4, 0.5) is 5.69 Å². The van der Waals surface area contributed by atoms with Crippen LogP contribution in [0.3, 0.4) is 0 Å². The molecule has 0 unspecified atom stereocenters. The predicted octanol–water partition coefficient (Wildman–Crippen LogP) is 2.73. The third-order valence-corrected chi connectivity index (χ3v) is 2.72. The zero-order valence-electron chi connectivity index (χ0n) is 7.71. The molecule has 1 aromatic carbocycles. The van der Waals surface area contributed by atoms with Gasteiger partial charge in [0, 0.05) is 10.0 Å². The smallest absolute Gasteiger partial charge is 0.0891 e. The van der Waals surface area contributed by atoms with E-state index in [4.69, 9.17) is 5.73 Å². The van der Waals surface area contributed by atoms with E-state index in [2.05, 4.69) is 32.2 Å². The van der Waals surface area contributed by atoms with E-state index in [1.54, 1.807) is 6.20 Å². The van der Waals surface area contributed by atoms with Gasteiger partial charge in [-0.15, -0.1) is 0 Å². The summed E-state index contributed by atoms with van der Waals surface area (Å²) in [5, 5.41) is 6.77. The van der Waals surface area contributed by atoms with Crippen LogP contribution in [0.1, 0.15) is 5.56 Å². The molecule has 0 saturated carbocycles. The minimum atomic E-state index is 0.662. The summed E-state index contributed by atoms with van der Waals surface area (Å²) < 4.78 is 1.02. The molecule has 0 radical (unpaired) electrons. The fourth-order valence-corrected chi connectivity index (χ4v) is 2.03. The van der Waals surface area contributed by atoms with Crippen molar-refractivity contribution in [1.82, 2.24) is 10.2 Å². The second-order valence-corrected chi connectivity index (χ2v) is 4.04. The number of hydrogen-bond acceptors (Lipinski definition) is 2. The van der Waals surface area contributed by atoms with Crippen molar-refractivity contribution in [1.29, 1.82) is 0 Å². The molecule has 0 fully saturated rings. The first-order chi connectivity index (χ1) is 6.68. The molecule has 0 spiro atoms. The fourth-order valence-electron chi connectivity index (χ4n) is 1.33. The Labute approximate surface area is 90.5 Å². The zero-order chi connectivity index (χ0) is 10.1. The van der Waals surface area contributed by atoms with Crippen LogP contribution in [0.5, 0.6) is 0 Å². The lowest BCUT2D eigenvalue weighted by Gasteiger charge is -2.03. The highest BCUT2D eigenvalue weighted by molar-refractivity contribution is 9.10. The summed E-state index contributed by atoms with van der Waals surface area (Å²) in [7, 11) is 0. The molecule has 0 saturated heterocycles. The van der Waals surface area contributed by atoms with Crippen molar-refractivity contribution in [3.63, 3.8) is 0 Å². The maximum absolute atomic E-state index is 5.76. The number of rotatable bonds is 1. The summed E-state index contributed by atoms with van der Waals surface area (Å²) in [6.45, 7) is 2.05. The Balaban J connectivity index is 2.58. The molecule has 2 aromatic rings. The Kier molecular flexibility index (Phi) is 2.29. The molecule has 72 valence electrons.